The molecule has 2 aromatic carbocycles. The van der Waals surface area contributed by atoms with Crippen LogP contribution in [0.25, 0.3) is 11.6 Å². The Bertz CT molecular complexity index is 831. The van der Waals surface area contributed by atoms with Crippen LogP contribution in [0.15, 0.2) is 40.9 Å². The summed E-state index contributed by atoms with van der Waals surface area (Å²) in [6.45, 7) is 1.97. The van der Waals surface area contributed by atoms with Crippen molar-refractivity contribution in [1.82, 2.24) is 0 Å². The highest BCUT2D eigenvalue weighted by atomic mass is 79.9. The Morgan fingerprint density at radius 3 is 2.76 bits per heavy atom. The van der Waals surface area contributed by atoms with E-state index in [1.807, 2.05) is 37.3 Å². The molecule has 0 saturated carbocycles. The highest BCUT2D eigenvalue weighted by Crippen LogP contribution is 2.38. The van der Waals surface area contributed by atoms with Gasteiger partial charge in [0.05, 0.1) is 11.6 Å². The molecule has 0 spiro atoms. The molecule has 2 aromatic rings. The molecule has 0 aliphatic carbocycles. The zero-order chi connectivity index (χ0) is 15.0. The molecule has 1 heterocycles. The molecule has 3 rings (SSSR count). The van der Waals surface area contributed by atoms with Gasteiger partial charge < -0.3 is 5.32 Å². The molecule has 0 atom stereocenters. The lowest BCUT2D eigenvalue weighted by atomic mass is 9.98. The lowest BCUT2D eigenvalue weighted by molar-refractivity contribution is -0.110. The molecule has 0 bridgehead atoms. The minimum atomic E-state index is -0.140. The molecule has 1 aliphatic rings. The Morgan fingerprint density at radius 1 is 1.24 bits per heavy atom. The molecule has 4 heteroatoms. The van der Waals surface area contributed by atoms with Gasteiger partial charge in [-0.15, -0.1) is 0 Å². The molecular weight excluding hydrogens is 328 g/mol. The number of rotatable bonds is 1. The monoisotopic (exact) mass is 338 g/mol. The van der Waals surface area contributed by atoms with Gasteiger partial charge in [0.25, 0.3) is 5.91 Å². The zero-order valence-electron chi connectivity index (χ0n) is 11.3. The third-order valence-electron chi connectivity index (χ3n) is 3.54. The smallest absolute Gasteiger partial charge is 0.256 e. The Kier molecular flexibility index (Phi) is 3.36. The zero-order valence-corrected chi connectivity index (χ0v) is 12.9. The van der Waals surface area contributed by atoms with Crippen molar-refractivity contribution < 1.29 is 4.79 Å². The average molecular weight is 339 g/mol. The molecule has 0 aromatic heterocycles. The Labute approximate surface area is 131 Å². The van der Waals surface area contributed by atoms with Crippen LogP contribution in [0, 0.1) is 18.3 Å². The van der Waals surface area contributed by atoms with Crippen LogP contribution < -0.4 is 5.32 Å². The summed E-state index contributed by atoms with van der Waals surface area (Å²) < 4.78 is 0.956. The van der Waals surface area contributed by atoms with Crippen molar-refractivity contribution in [3.8, 4) is 6.07 Å². The number of hydrogen-bond donors (Lipinski definition) is 1. The molecule has 1 amide bonds. The van der Waals surface area contributed by atoms with E-state index in [1.54, 1.807) is 12.1 Å². The summed E-state index contributed by atoms with van der Waals surface area (Å²) in [5.41, 5.74) is 4.60. The van der Waals surface area contributed by atoms with Gasteiger partial charge in [-0.3, -0.25) is 4.79 Å². The van der Waals surface area contributed by atoms with Gasteiger partial charge in [-0.25, -0.2) is 0 Å². The summed E-state index contributed by atoms with van der Waals surface area (Å²) in [6, 6.07) is 13.2. The SMILES string of the molecule is Cc1c(Br)ccc2c1C(=Cc1ccccc1C#N)C(=O)N2. The third kappa shape index (κ3) is 2.26. The predicted octanol–water partition coefficient (Wildman–Crippen LogP) is 4.12. The van der Waals surface area contributed by atoms with Crippen molar-refractivity contribution in [3.05, 3.63) is 63.1 Å². The van der Waals surface area contributed by atoms with E-state index in [9.17, 15) is 4.79 Å². The highest BCUT2D eigenvalue weighted by molar-refractivity contribution is 9.10. The van der Waals surface area contributed by atoms with Gasteiger partial charge in [0.1, 0.15) is 0 Å². The van der Waals surface area contributed by atoms with Crippen molar-refractivity contribution in [2.75, 3.05) is 5.32 Å². The highest BCUT2D eigenvalue weighted by Gasteiger charge is 2.26. The van der Waals surface area contributed by atoms with E-state index < -0.39 is 0 Å². The van der Waals surface area contributed by atoms with Crippen LogP contribution in [-0.2, 0) is 4.79 Å². The molecular formula is C17H11BrN2O. The molecule has 0 radical (unpaired) electrons. The van der Waals surface area contributed by atoms with E-state index in [0.717, 1.165) is 26.9 Å². The summed E-state index contributed by atoms with van der Waals surface area (Å²) in [6.07, 6.45) is 1.78. The summed E-state index contributed by atoms with van der Waals surface area (Å²) >= 11 is 3.49. The summed E-state index contributed by atoms with van der Waals surface area (Å²) in [5, 5.41) is 12.0. The summed E-state index contributed by atoms with van der Waals surface area (Å²) in [4.78, 5) is 12.2. The van der Waals surface area contributed by atoms with Gasteiger partial charge in [0.2, 0.25) is 0 Å². The molecule has 0 unspecified atom stereocenters. The first-order valence-electron chi connectivity index (χ1n) is 6.43. The largest absolute Gasteiger partial charge is 0.321 e. The molecule has 1 aliphatic heterocycles. The molecule has 21 heavy (non-hydrogen) atoms. The number of carbonyl (C=O) groups excluding carboxylic acids is 1. The van der Waals surface area contributed by atoms with E-state index in [-0.39, 0.29) is 5.91 Å². The van der Waals surface area contributed by atoms with E-state index in [2.05, 4.69) is 27.3 Å². The Hall–Kier alpha value is -2.38. The molecule has 1 N–H and O–H groups in total. The van der Waals surface area contributed by atoms with Crippen molar-refractivity contribution in [2.45, 2.75) is 6.92 Å². The minimum Gasteiger partial charge on any atom is -0.321 e. The number of fused-ring (bicyclic) bond motifs is 1. The maximum atomic E-state index is 12.2. The van der Waals surface area contributed by atoms with Crippen molar-refractivity contribution >= 4 is 39.2 Å². The third-order valence-corrected chi connectivity index (χ3v) is 4.40. The predicted molar refractivity (Wildman–Crippen MR) is 86.5 cm³/mol. The Balaban J connectivity index is 2.22. The second-order valence-corrected chi connectivity index (χ2v) is 5.66. The number of benzene rings is 2. The standard InChI is InChI=1S/C17H11BrN2O/c1-10-14(18)6-7-15-16(10)13(17(21)20-15)8-11-4-2-3-5-12(11)9-19/h2-8H,1H3,(H,20,21). The summed E-state index contributed by atoms with van der Waals surface area (Å²) in [7, 11) is 0. The normalized spacial score (nSPS) is 14.7. The van der Waals surface area contributed by atoms with Gasteiger partial charge >= 0.3 is 0 Å². The number of anilines is 1. The molecule has 102 valence electrons. The van der Waals surface area contributed by atoms with Gasteiger partial charge in [-0.05, 0) is 42.3 Å². The van der Waals surface area contributed by atoms with Crippen LogP contribution in [0.1, 0.15) is 22.3 Å². The quantitative estimate of drug-likeness (QED) is 0.795. The number of carbonyl (C=O) groups is 1. The number of nitriles is 1. The molecule has 0 saturated heterocycles. The van der Waals surface area contributed by atoms with Gasteiger partial charge in [-0.2, -0.15) is 5.26 Å². The van der Waals surface area contributed by atoms with Crippen LogP contribution in [-0.4, -0.2) is 5.91 Å². The van der Waals surface area contributed by atoms with E-state index in [1.165, 1.54) is 0 Å². The minimum absolute atomic E-state index is 0.140. The van der Waals surface area contributed by atoms with Crippen LogP contribution in [0.2, 0.25) is 0 Å². The van der Waals surface area contributed by atoms with Crippen molar-refractivity contribution in [2.24, 2.45) is 0 Å². The lowest BCUT2D eigenvalue weighted by Gasteiger charge is -2.06. The second kappa shape index (κ2) is 5.19. The lowest BCUT2D eigenvalue weighted by Crippen LogP contribution is -2.03. The average Bonchev–Trinajstić information content (AvgIpc) is 2.80. The summed E-state index contributed by atoms with van der Waals surface area (Å²) in [5.74, 6) is -0.140. The Morgan fingerprint density at radius 2 is 2.00 bits per heavy atom. The first kappa shape index (κ1) is 13.6. The maximum Gasteiger partial charge on any atom is 0.256 e. The number of halogens is 1. The number of nitrogens with one attached hydrogen (secondary N) is 1. The van der Waals surface area contributed by atoms with Crippen LogP contribution in [0.4, 0.5) is 5.69 Å². The fraction of sp³-hybridized carbons (Fsp3) is 0.0588. The van der Waals surface area contributed by atoms with E-state index in [0.29, 0.717) is 11.1 Å². The van der Waals surface area contributed by atoms with Gasteiger partial charge in [0, 0.05) is 21.3 Å². The first-order chi connectivity index (χ1) is 10.1. The molecule has 3 nitrogen and oxygen atoms in total. The van der Waals surface area contributed by atoms with E-state index in [4.69, 9.17) is 5.26 Å². The second-order valence-electron chi connectivity index (χ2n) is 4.81. The van der Waals surface area contributed by atoms with Crippen LogP contribution in [0.3, 0.4) is 0 Å². The molecule has 0 fully saturated rings. The van der Waals surface area contributed by atoms with E-state index >= 15 is 0 Å². The van der Waals surface area contributed by atoms with Crippen LogP contribution in [0.5, 0.6) is 0 Å². The van der Waals surface area contributed by atoms with Crippen molar-refractivity contribution in [3.63, 3.8) is 0 Å². The fourth-order valence-electron chi connectivity index (χ4n) is 2.46. The van der Waals surface area contributed by atoms with Crippen LogP contribution >= 0.6 is 15.9 Å². The van der Waals surface area contributed by atoms with Gasteiger partial charge in [-0.1, -0.05) is 34.1 Å². The van der Waals surface area contributed by atoms with Crippen molar-refractivity contribution in [1.29, 1.82) is 5.26 Å². The maximum absolute atomic E-state index is 12.2. The number of amides is 1. The first-order valence-corrected chi connectivity index (χ1v) is 7.23. The topological polar surface area (TPSA) is 52.9 Å². The van der Waals surface area contributed by atoms with Gasteiger partial charge in [0.15, 0.2) is 0 Å². The number of nitrogens with zero attached hydrogens (tertiary/aromatic N) is 1. The fourth-order valence-corrected chi connectivity index (χ4v) is 2.79. The number of hydrogen-bond acceptors (Lipinski definition) is 2.